The van der Waals surface area contributed by atoms with E-state index in [9.17, 15) is 4.79 Å². The maximum atomic E-state index is 11.8. The van der Waals surface area contributed by atoms with E-state index in [1.165, 1.54) is 0 Å². The third kappa shape index (κ3) is 6.23. The molecule has 0 fully saturated rings. The van der Waals surface area contributed by atoms with Crippen LogP contribution in [0.5, 0.6) is 5.75 Å². The zero-order valence-corrected chi connectivity index (χ0v) is 12.6. The van der Waals surface area contributed by atoms with Gasteiger partial charge < -0.3 is 20.1 Å². The van der Waals surface area contributed by atoms with E-state index in [0.29, 0.717) is 30.5 Å². The van der Waals surface area contributed by atoms with Gasteiger partial charge in [0.2, 0.25) is 5.91 Å². The number of carbonyl (C=O) groups excluding carboxylic acids is 1. The molecule has 0 unspecified atom stereocenters. The molecule has 0 saturated carbocycles. The average Bonchev–Trinajstić information content (AvgIpc) is 2.43. The first-order valence-electron chi connectivity index (χ1n) is 6.46. The number of carbonyl (C=O) groups is 1. The third-order valence-electron chi connectivity index (χ3n) is 2.70. The number of halogens is 1. The topological polar surface area (TPSA) is 59.6 Å². The Hall–Kier alpha value is -1.30. The van der Waals surface area contributed by atoms with Crippen LogP contribution in [0.15, 0.2) is 18.2 Å². The number of hydrogen-bond acceptors (Lipinski definition) is 4. The molecule has 1 rings (SSSR count). The van der Waals surface area contributed by atoms with Crippen LogP contribution in [0.4, 0.5) is 0 Å². The van der Waals surface area contributed by atoms with Gasteiger partial charge in [-0.15, -0.1) is 0 Å². The Morgan fingerprint density at radius 1 is 1.25 bits per heavy atom. The molecule has 1 amide bonds. The molecule has 0 aliphatic rings. The number of benzene rings is 1. The predicted octanol–water partition coefficient (Wildman–Crippen LogP) is 1.24. The molecule has 112 valence electrons. The highest BCUT2D eigenvalue weighted by molar-refractivity contribution is 6.30. The molecule has 0 aliphatic heterocycles. The van der Waals surface area contributed by atoms with Crippen LogP contribution in [0, 0.1) is 0 Å². The minimum absolute atomic E-state index is 0.0564. The lowest BCUT2D eigenvalue weighted by atomic mass is 10.1. The fourth-order valence-corrected chi connectivity index (χ4v) is 1.91. The number of rotatable bonds is 9. The second-order valence-electron chi connectivity index (χ2n) is 4.23. The molecule has 2 N–H and O–H groups in total. The predicted molar refractivity (Wildman–Crippen MR) is 79.5 cm³/mol. The summed E-state index contributed by atoms with van der Waals surface area (Å²) in [7, 11) is 3.23. The standard InChI is InChI=1S/C14H21ClN2O3/c1-19-8-7-16-5-6-17-14(18)10-11-9-12(15)3-4-13(11)20-2/h3-4,9,16H,5-8,10H2,1-2H3,(H,17,18). The Labute approximate surface area is 124 Å². The van der Waals surface area contributed by atoms with Gasteiger partial charge in [0.25, 0.3) is 0 Å². The summed E-state index contributed by atoms with van der Waals surface area (Å²) in [5.41, 5.74) is 0.782. The molecule has 0 bridgehead atoms. The zero-order valence-electron chi connectivity index (χ0n) is 11.9. The number of methoxy groups -OCH3 is 2. The Morgan fingerprint density at radius 2 is 2.05 bits per heavy atom. The lowest BCUT2D eigenvalue weighted by Crippen LogP contribution is -2.33. The van der Waals surface area contributed by atoms with Crippen molar-refractivity contribution in [1.29, 1.82) is 0 Å². The fraction of sp³-hybridized carbons (Fsp3) is 0.500. The number of ether oxygens (including phenoxy) is 2. The first-order valence-corrected chi connectivity index (χ1v) is 6.84. The van der Waals surface area contributed by atoms with Gasteiger partial charge >= 0.3 is 0 Å². The maximum Gasteiger partial charge on any atom is 0.224 e. The third-order valence-corrected chi connectivity index (χ3v) is 2.94. The maximum absolute atomic E-state index is 11.8. The molecule has 5 nitrogen and oxygen atoms in total. The van der Waals surface area contributed by atoms with Crippen LogP contribution in [0.25, 0.3) is 0 Å². The smallest absolute Gasteiger partial charge is 0.224 e. The van der Waals surface area contributed by atoms with E-state index >= 15 is 0 Å². The fourth-order valence-electron chi connectivity index (χ4n) is 1.71. The quantitative estimate of drug-likeness (QED) is 0.674. The van der Waals surface area contributed by atoms with Crippen LogP contribution in [0.3, 0.4) is 0 Å². The van der Waals surface area contributed by atoms with Crippen LogP contribution in [0.1, 0.15) is 5.56 Å². The largest absolute Gasteiger partial charge is 0.496 e. The first-order chi connectivity index (χ1) is 9.67. The van der Waals surface area contributed by atoms with Crippen LogP contribution >= 0.6 is 11.6 Å². The second-order valence-corrected chi connectivity index (χ2v) is 4.66. The van der Waals surface area contributed by atoms with Gasteiger partial charge in [-0.1, -0.05) is 11.6 Å². The Kier molecular flexibility index (Phi) is 8.02. The van der Waals surface area contributed by atoms with E-state index in [1.807, 2.05) is 0 Å². The number of amides is 1. The molecule has 0 radical (unpaired) electrons. The van der Waals surface area contributed by atoms with Crippen molar-refractivity contribution in [2.24, 2.45) is 0 Å². The summed E-state index contributed by atoms with van der Waals surface area (Å²) in [4.78, 5) is 11.8. The van der Waals surface area contributed by atoms with Crippen LogP contribution in [0.2, 0.25) is 5.02 Å². The van der Waals surface area contributed by atoms with E-state index in [-0.39, 0.29) is 12.3 Å². The minimum atomic E-state index is -0.0564. The summed E-state index contributed by atoms with van der Waals surface area (Å²) in [5, 5.41) is 6.58. The van der Waals surface area contributed by atoms with Crippen LogP contribution in [-0.4, -0.2) is 46.4 Å². The summed E-state index contributed by atoms with van der Waals surface area (Å²) in [6.45, 7) is 2.72. The number of hydrogen-bond donors (Lipinski definition) is 2. The van der Waals surface area contributed by atoms with Crippen molar-refractivity contribution < 1.29 is 14.3 Å². The summed E-state index contributed by atoms with van der Waals surface area (Å²) >= 11 is 5.92. The van der Waals surface area contributed by atoms with Crippen molar-refractivity contribution in [3.05, 3.63) is 28.8 Å². The first kappa shape index (κ1) is 16.8. The van der Waals surface area contributed by atoms with E-state index in [4.69, 9.17) is 21.1 Å². The Morgan fingerprint density at radius 3 is 2.75 bits per heavy atom. The van der Waals surface area contributed by atoms with Gasteiger partial charge in [0.15, 0.2) is 0 Å². The van der Waals surface area contributed by atoms with E-state index < -0.39 is 0 Å². The molecule has 0 spiro atoms. The molecule has 0 aliphatic carbocycles. The molecule has 1 aromatic carbocycles. The molecule has 6 heteroatoms. The molecular formula is C14H21ClN2O3. The van der Waals surface area contributed by atoms with Gasteiger partial charge in [-0.25, -0.2) is 0 Å². The highest BCUT2D eigenvalue weighted by atomic mass is 35.5. The van der Waals surface area contributed by atoms with E-state index in [1.54, 1.807) is 32.4 Å². The van der Waals surface area contributed by atoms with Crippen LogP contribution < -0.4 is 15.4 Å². The minimum Gasteiger partial charge on any atom is -0.496 e. The van der Waals surface area contributed by atoms with E-state index in [0.717, 1.165) is 12.1 Å². The molecular weight excluding hydrogens is 280 g/mol. The van der Waals surface area contributed by atoms with E-state index in [2.05, 4.69) is 10.6 Å². The van der Waals surface area contributed by atoms with Crippen molar-refractivity contribution in [3.8, 4) is 5.75 Å². The summed E-state index contributed by atoms with van der Waals surface area (Å²) in [6, 6.07) is 5.25. The van der Waals surface area contributed by atoms with Gasteiger partial charge in [-0.2, -0.15) is 0 Å². The second kappa shape index (κ2) is 9.58. The highest BCUT2D eigenvalue weighted by Gasteiger charge is 2.09. The van der Waals surface area contributed by atoms with Crippen molar-refractivity contribution >= 4 is 17.5 Å². The lowest BCUT2D eigenvalue weighted by molar-refractivity contribution is -0.120. The molecule has 1 aromatic rings. The van der Waals surface area contributed by atoms with Crippen molar-refractivity contribution in [2.45, 2.75) is 6.42 Å². The summed E-state index contributed by atoms with van der Waals surface area (Å²) in [6.07, 6.45) is 0.252. The average molecular weight is 301 g/mol. The van der Waals surface area contributed by atoms with Gasteiger partial charge in [0.1, 0.15) is 5.75 Å². The Bertz CT molecular complexity index is 427. The SMILES string of the molecule is COCCNCCNC(=O)Cc1cc(Cl)ccc1OC. The van der Waals surface area contributed by atoms with Gasteiger partial charge in [0.05, 0.1) is 20.1 Å². The van der Waals surface area contributed by atoms with Crippen LogP contribution in [-0.2, 0) is 16.0 Å². The van der Waals surface area contributed by atoms with Gasteiger partial charge in [0, 0.05) is 37.3 Å². The van der Waals surface area contributed by atoms with Gasteiger partial charge in [-0.3, -0.25) is 4.79 Å². The molecule has 0 heterocycles. The summed E-state index contributed by atoms with van der Waals surface area (Å²) < 4.78 is 10.1. The van der Waals surface area contributed by atoms with Gasteiger partial charge in [-0.05, 0) is 18.2 Å². The monoisotopic (exact) mass is 300 g/mol. The Balaban J connectivity index is 2.33. The van der Waals surface area contributed by atoms with Crippen molar-refractivity contribution in [1.82, 2.24) is 10.6 Å². The molecule has 0 aromatic heterocycles. The van der Waals surface area contributed by atoms with Crippen molar-refractivity contribution in [3.63, 3.8) is 0 Å². The highest BCUT2D eigenvalue weighted by Crippen LogP contribution is 2.22. The zero-order chi connectivity index (χ0) is 14.8. The molecule has 0 saturated heterocycles. The van der Waals surface area contributed by atoms with Crippen molar-refractivity contribution in [2.75, 3.05) is 40.5 Å². The molecule has 0 atom stereocenters. The lowest BCUT2D eigenvalue weighted by Gasteiger charge is -2.10. The molecule has 20 heavy (non-hydrogen) atoms. The number of nitrogens with one attached hydrogen (secondary N) is 2. The summed E-state index contributed by atoms with van der Waals surface area (Å²) in [5.74, 6) is 0.613. The normalized spacial score (nSPS) is 10.3.